The van der Waals surface area contributed by atoms with Crippen molar-refractivity contribution in [3.05, 3.63) is 51.1 Å². The number of hydrogen-bond donors (Lipinski definition) is 4. The van der Waals surface area contributed by atoms with Crippen molar-refractivity contribution in [3.8, 4) is 0 Å². The Morgan fingerprint density at radius 2 is 2.17 bits per heavy atom. The molecule has 3 aromatic rings. The van der Waals surface area contributed by atoms with Gasteiger partial charge in [-0.05, 0) is 59.3 Å². The van der Waals surface area contributed by atoms with Crippen LogP contribution >= 0.6 is 22.6 Å². The van der Waals surface area contributed by atoms with Gasteiger partial charge in [-0.3, -0.25) is 10.0 Å². The van der Waals surface area contributed by atoms with E-state index in [4.69, 9.17) is 5.21 Å². The van der Waals surface area contributed by atoms with Gasteiger partial charge < -0.3 is 10.3 Å². The highest BCUT2D eigenvalue weighted by Gasteiger charge is 2.20. The fraction of sp³-hybridized carbons (Fsp3) is 0.0667. The van der Waals surface area contributed by atoms with Crippen LogP contribution in [0.3, 0.4) is 0 Å². The molecule has 0 saturated heterocycles. The highest BCUT2D eigenvalue weighted by Crippen LogP contribution is 2.31. The molecule has 1 amide bonds. The molecule has 118 valence electrons. The van der Waals surface area contributed by atoms with Crippen molar-refractivity contribution in [2.24, 2.45) is 0 Å². The molecule has 0 aliphatic rings. The number of aromatic amines is 1. The highest BCUT2D eigenvalue weighted by atomic mass is 127. The summed E-state index contributed by atoms with van der Waals surface area (Å²) in [5.74, 6) is -1.46. The van der Waals surface area contributed by atoms with Crippen molar-refractivity contribution in [3.63, 3.8) is 0 Å². The fourth-order valence-electron chi connectivity index (χ4n) is 2.31. The van der Waals surface area contributed by atoms with Crippen LogP contribution in [-0.4, -0.2) is 21.1 Å². The van der Waals surface area contributed by atoms with Gasteiger partial charge in [0.15, 0.2) is 5.82 Å². The summed E-state index contributed by atoms with van der Waals surface area (Å²) in [6.45, 7) is 1.88. The Kier molecular flexibility index (Phi) is 4.18. The number of aryl methyl sites for hydroxylation is 1. The first-order chi connectivity index (χ1) is 11.0. The first-order valence-electron chi connectivity index (χ1n) is 6.64. The van der Waals surface area contributed by atoms with E-state index in [-0.39, 0.29) is 16.8 Å². The minimum absolute atomic E-state index is 0.0300. The molecule has 0 aliphatic heterocycles. The number of fused-ring (bicyclic) bond motifs is 1. The highest BCUT2D eigenvalue weighted by molar-refractivity contribution is 14.1. The third kappa shape index (κ3) is 2.86. The summed E-state index contributed by atoms with van der Waals surface area (Å²) in [7, 11) is 0. The number of anilines is 2. The quantitative estimate of drug-likeness (QED) is 0.293. The van der Waals surface area contributed by atoms with E-state index in [2.05, 4.69) is 37.9 Å². The summed E-state index contributed by atoms with van der Waals surface area (Å²) in [5.41, 5.74) is 3.51. The number of carbonyl (C=O) groups is 1. The van der Waals surface area contributed by atoms with Gasteiger partial charge in [-0.2, -0.15) is 0 Å². The zero-order chi connectivity index (χ0) is 16.6. The molecule has 3 rings (SSSR count). The number of imidazole rings is 1. The minimum Gasteiger partial charge on any atom is -0.352 e. The van der Waals surface area contributed by atoms with Crippen LogP contribution in [0.4, 0.5) is 15.8 Å². The van der Waals surface area contributed by atoms with Crippen LogP contribution in [0.5, 0.6) is 0 Å². The van der Waals surface area contributed by atoms with E-state index >= 15 is 0 Å². The molecular formula is C15H12FIN4O2. The molecule has 8 heteroatoms. The molecule has 1 aromatic heterocycles. The van der Waals surface area contributed by atoms with E-state index in [1.165, 1.54) is 17.9 Å². The lowest BCUT2D eigenvalue weighted by atomic mass is 10.1. The number of halogens is 2. The zero-order valence-electron chi connectivity index (χ0n) is 11.9. The topological polar surface area (TPSA) is 90.0 Å². The molecule has 0 fully saturated rings. The molecule has 0 radical (unpaired) electrons. The number of hydrogen-bond acceptors (Lipinski definition) is 4. The first-order valence-corrected chi connectivity index (χ1v) is 7.72. The van der Waals surface area contributed by atoms with Crippen molar-refractivity contribution < 1.29 is 14.4 Å². The molecule has 6 nitrogen and oxygen atoms in total. The first kappa shape index (κ1) is 15.7. The van der Waals surface area contributed by atoms with E-state index in [1.54, 1.807) is 6.07 Å². The van der Waals surface area contributed by atoms with Gasteiger partial charge in [0.25, 0.3) is 5.91 Å². The number of H-pyrrole nitrogens is 1. The molecule has 23 heavy (non-hydrogen) atoms. The standard InChI is InChI=1S/C15H12FIN4O2/c1-7-4-8(17)2-3-10(7)20-13-9(15(22)21-23)5-11-14(12(13)16)19-6-18-11/h2-6,20,23H,1H3,(H,18,19)(H,21,22). The third-order valence-electron chi connectivity index (χ3n) is 3.45. The van der Waals surface area contributed by atoms with Crippen LogP contribution < -0.4 is 10.8 Å². The maximum absolute atomic E-state index is 14.8. The SMILES string of the molecule is Cc1cc(I)ccc1Nc1c(C(=O)NO)cc2nc[nH]c2c1F. The molecule has 0 saturated carbocycles. The molecule has 0 unspecified atom stereocenters. The lowest BCUT2D eigenvalue weighted by molar-refractivity contribution is 0.0707. The smallest absolute Gasteiger partial charge is 0.276 e. The summed E-state index contributed by atoms with van der Waals surface area (Å²) < 4.78 is 15.8. The number of amides is 1. The van der Waals surface area contributed by atoms with E-state index in [9.17, 15) is 9.18 Å². The predicted molar refractivity (Wildman–Crippen MR) is 92.5 cm³/mol. The van der Waals surface area contributed by atoms with Crippen molar-refractivity contribution in [1.82, 2.24) is 15.4 Å². The van der Waals surface area contributed by atoms with E-state index < -0.39 is 11.7 Å². The summed E-state index contributed by atoms with van der Waals surface area (Å²) in [6, 6.07) is 7.01. The lowest BCUT2D eigenvalue weighted by Crippen LogP contribution is -2.20. The van der Waals surface area contributed by atoms with Crippen molar-refractivity contribution in [1.29, 1.82) is 0 Å². The Morgan fingerprint density at radius 1 is 1.39 bits per heavy atom. The molecule has 1 heterocycles. The number of nitrogens with one attached hydrogen (secondary N) is 3. The van der Waals surface area contributed by atoms with Crippen molar-refractivity contribution in [2.75, 3.05) is 5.32 Å². The van der Waals surface area contributed by atoms with Crippen LogP contribution in [0.25, 0.3) is 11.0 Å². The number of aromatic nitrogens is 2. The Morgan fingerprint density at radius 3 is 2.87 bits per heavy atom. The van der Waals surface area contributed by atoms with Gasteiger partial charge in [0.1, 0.15) is 5.52 Å². The maximum atomic E-state index is 14.8. The summed E-state index contributed by atoms with van der Waals surface area (Å²) in [6.07, 6.45) is 1.34. The molecule has 0 spiro atoms. The fourth-order valence-corrected chi connectivity index (χ4v) is 2.95. The predicted octanol–water partition coefficient (Wildman–Crippen LogP) is 3.48. The maximum Gasteiger partial charge on any atom is 0.276 e. The number of nitrogens with zero attached hydrogens (tertiary/aromatic N) is 1. The molecule has 0 atom stereocenters. The Bertz CT molecular complexity index is 910. The van der Waals surface area contributed by atoms with Crippen LogP contribution in [-0.2, 0) is 0 Å². The molecule has 2 aromatic carbocycles. The summed E-state index contributed by atoms with van der Waals surface area (Å²) in [4.78, 5) is 18.5. The van der Waals surface area contributed by atoms with Gasteiger partial charge in [0, 0.05) is 9.26 Å². The second kappa shape index (κ2) is 6.13. The average molecular weight is 426 g/mol. The van der Waals surface area contributed by atoms with E-state index in [1.807, 2.05) is 19.1 Å². The normalized spacial score (nSPS) is 10.8. The minimum atomic E-state index is -0.820. The number of carbonyl (C=O) groups excluding carboxylic acids is 1. The van der Waals surface area contributed by atoms with E-state index in [0.717, 1.165) is 9.13 Å². The number of rotatable bonds is 3. The molecule has 4 N–H and O–H groups in total. The van der Waals surface area contributed by atoms with Crippen LogP contribution in [0, 0.1) is 16.3 Å². The van der Waals surface area contributed by atoms with Gasteiger partial charge >= 0.3 is 0 Å². The third-order valence-corrected chi connectivity index (χ3v) is 4.12. The second-order valence-electron chi connectivity index (χ2n) is 4.93. The molecule has 0 bridgehead atoms. The Balaban J connectivity index is 2.17. The van der Waals surface area contributed by atoms with Crippen LogP contribution in [0.1, 0.15) is 15.9 Å². The van der Waals surface area contributed by atoms with Gasteiger partial charge in [-0.25, -0.2) is 14.9 Å². The van der Waals surface area contributed by atoms with Crippen LogP contribution in [0.2, 0.25) is 0 Å². The van der Waals surface area contributed by atoms with Gasteiger partial charge in [-0.1, -0.05) is 0 Å². The van der Waals surface area contributed by atoms with Crippen molar-refractivity contribution in [2.45, 2.75) is 6.92 Å². The largest absolute Gasteiger partial charge is 0.352 e. The molecular weight excluding hydrogens is 414 g/mol. The van der Waals surface area contributed by atoms with Gasteiger partial charge in [0.2, 0.25) is 0 Å². The molecule has 0 aliphatic carbocycles. The second-order valence-corrected chi connectivity index (χ2v) is 6.18. The lowest BCUT2D eigenvalue weighted by Gasteiger charge is -2.14. The number of hydroxylamine groups is 1. The Labute approximate surface area is 144 Å². The summed E-state index contributed by atoms with van der Waals surface area (Å²) >= 11 is 2.18. The number of benzene rings is 2. The van der Waals surface area contributed by atoms with E-state index in [0.29, 0.717) is 11.2 Å². The van der Waals surface area contributed by atoms with Crippen LogP contribution in [0.15, 0.2) is 30.6 Å². The Hall–Kier alpha value is -2.20. The monoisotopic (exact) mass is 426 g/mol. The zero-order valence-corrected chi connectivity index (χ0v) is 14.1. The summed E-state index contributed by atoms with van der Waals surface area (Å²) in [5, 5.41) is 11.8. The average Bonchev–Trinajstić information content (AvgIpc) is 3.00. The van der Waals surface area contributed by atoms with Gasteiger partial charge in [-0.15, -0.1) is 0 Å². The van der Waals surface area contributed by atoms with Crippen molar-refractivity contribution >= 4 is 50.9 Å². The van der Waals surface area contributed by atoms with Gasteiger partial charge in [0.05, 0.1) is 23.1 Å².